The van der Waals surface area contributed by atoms with Crippen LogP contribution in [-0.4, -0.2) is 44.1 Å². The van der Waals surface area contributed by atoms with Gasteiger partial charge in [-0.25, -0.2) is 0 Å². The number of esters is 1. The molecule has 0 aliphatic carbocycles. The van der Waals surface area contributed by atoms with Crippen molar-refractivity contribution in [3.63, 3.8) is 0 Å². The van der Waals surface area contributed by atoms with Gasteiger partial charge >= 0.3 is 5.97 Å². The zero-order chi connectivity index (χ0) is 18.4. The number of benzene rings is 1. The first-order valence-corrected chi connectivity index (χ1v) is 8.89. The van der Waals surface area contributed by atoms with Crippen LogP contribution in [0.5, 0.6) is 0 Å². The van der Waals surface area contributed by atoms with E-state index in [4.69, 9.17) is 9.57 Å². The third kappa shape index (κ3) is 5.38. The van der Waals surface area contributed by atoms with Crippen LogP contribution in [-0.2, 0) is 25.6 Å². The summed E-state index contributed by atoms with van der Waals surface area (Å²) in [6, 6.07) is 6.14. The van der Waals surface area contributed by atoms with Crippen LogP contribution in [0.15, 0.2) is 18.2 Å². The lowest BCUT2D eigenvalue weighted by Gasteiger charge is -2.33. The van der Waals surface area contributed by atoms with Gasteiger partial charge in [-0.3, -0.25) is 9.59 Å². The van der Waals surface area contributed by atoms with Crippen molar-refractivity contribution in [2.45, 2.75) is 39.5 Å². The van der Waals surface area contributed by atoms with Crippen molar-refractivity contribution in [1.29, 1.82) is 0 Å². The molecule has 1 fully saturated rings. The van der Waals surface area contributed by atoms with Gasteiger partial charge in [-0.1, -0.05) is 23.8 Å². The van der Waals surface area contributed by atoms with E-state index in [0.717, 1.165) is 42.6 Å². The average molecular weight is 347 g/mol. The second-order valence-corrected chi connectivity index (χ2v) is 6.93. The van der Waals surface area contributed by atoms with Crippen molar-refractivity contribution in [3.8, 4) is 0 Å². The Morgan fingerprint density at radius 1 is 1.20 bits per heavy atom. The van der Waals surface area contributed by atoms with Crippen LogP contribution in [0.4, 0.5) is 0 Å². The number of nitrogens with zero attached hydrogens (tertiary/aromatic N) is 1. The predicted octanol–water partition coefficient (Wildman–Crippen LogP) is 2.87. The van der Waals surface area contributed by atoms with Crippen LogP contribution in [0, 0.1) is 25.7 Å². The largest absolute Gasteiger partial charge is 0.469 e. The molecule has 5 heteroatoms. The van der Waals surface area contributed by atoms with E-state index in [0.29, 0.717) is 6.42 Å². The average Bonchev–Trinajstić information content (AvgIpc) is 2.62. The standard InChI is InChI=1S/C20H29NO4/c1-14-5-6-15(2)17(11-14)12-18(22)13-19(20(23)24-3)16-7-9-21(25-4)10-8-16/h5-6,11,16,19H,7-10,12-13H2,1-4H3. The molecule has 1 unspecified atom stereocenters. The molecular weight excluding hydrogens is 318 g/mol. The molecule has 138 valence electrons. The van der Waals surface area contributed by atoms with Crippen LogP contribution in [0.3, 0.4) is 0 Å². The van der Waals surface area contributed by atoms with Crippen LogP contribution in [0.25, 0.3) is 0 Å². The first-order valence-electron chi connectivity index (χ1n) is 8.89. The Balaban J connectivity index is 2.02. The summed E-state index contributed by atoms with van der Waals surface area (Å²) in [5.74, 6) is -0.369. The van der Waals surface area contributed by atoms with Gasteiger partial charge in [-0.15, -0.1) is 0 Å². The van der Waals surface area contributed by atoms with E-state index in [9.17, 15) is 9.59 Å². The van der Waals surface area contributed by atoms with Gasteiger partial charge in [-0.2, -0.15) is 5.06 Å². The number of Topliss-reactive ketones (excluding diaryl/α,β-unsaturated/α-hetero) is 1. The zero-order valence-electron chi connectivity index (χ0n) is 15.7. The Bertz CT molecular complexity index is 606. The summed E-state index contributed by atoms with van der Waals surface area (Å²) in [5.41, 5.74) is 3.30. The second kappa shape index (κ2) is 9.11. The van der Waals surface area contributed by atoms with E-state index < -0.39 is 0 Å². The van der Waals surface area contributed by atoms with E-state index in [2.05, 4.69) is 6.07 Å². The summed E-state index contributed by atoms with van der Waals surface area (Å²) in [5, 5.41) is 1.89. The molecule has 0 aromatic heterocycles. The highest BCUT2D eigenvalue weighted by atomic mass is 16.7. The number of ketones is 1. The minimum atomic E-state index is -0.360. The molecule has 0 radical (unpaired) electrons. The van der Waals surface area contributed by atoms with E-state index in [1.54, 1.807) is 7.11 Å². The SMILES string of the molecule is COC(=O)C(CC(=O)Cc1cc(C)ccc1C)C1CCN(OC)CC1. The van der Waals surface area contributed by atoms with Gasteiger partial charge in [0.2, 0.25) is 0 Å². The third-order valence-electron chi connectivity index (χ3n) is 5.17. The van der Waals surface area contributed by atoms with Crippen molar-refractivity contribution in [2.75, 3.05) is 27.3 Å². The number of rotatable bonds is 7. The Kier molecular flexibility index (Phi) is 7.14. The smallest absolute Gasteiger partial charge is 0.309 e. The maximum atomic E-state index is 12.6. The Morgan fingerprint density at radius 3 is 2.48 bits per heavy atom. The molecule has 1 saturated heterocycles. The number of hydrogen-bond acceptors (Lipinski definition) is 5. The summed E-state index contributed by atoms with van der Waals surface area (Å²) in [6.07, 6.45) is 2.30. The van der Waals surface area contributed by atoms with Gasteiger partial charge < -0.3 is 9.57 Å². The lowest BCUT2D eigenvalue weighted by Crippen LogP contribution is -2.38. The Labute approximate surface area is 150 Å². The Morgan fingerprint density at radius 2 is 1.88 bits per heavy atom. The molecule has 0 N–H and O–H groups in total. The molecular formula is C20H29NO4. The molecule has 1 atom stereocenters. The van der Waals surface area contributed by atoms with Gasteiger partial charge in [0.05, 0.1) is 20.1 Å². The van der Waals surface area contributed by atoms with Gasteiger partial charge in [0.25, 0.3) is 0 Å². The molecule has 1 aliphatic heterocycles. The van der Waals surface area contributed by atoms with Crippen molar-refractivity contribution >= 4 is 11.8 Å². The normalized spacial score (nSPS) is 17.3. The molecule has 1 aromatic carbocycles. The molecule has 1 aromatic rings. The lowest BCUT2D eigenvalue weighted by atomic mass is 9.81. The number of methoxy groups -OCH3 is 1. The van der Waals surface area contributed by atoms with Crippen LogP contribution >= 0.6 is 0 Å². The maximum absolute atomic E-state index is 12.6. The topological polar surface area (TPSA) is 55.8 Å². The third-order valence-corrected chi connectivity index (χ3v) is 5.17. The van der Waals surface area contributed by atoms with Gasteiger partial charge in [-0.05, 0) is 43.7 Å². The van der Waals surface area contributed by atoms with E-state index >= 15 is 0 Å². The number of aryl methyl sites for hydroxylation is 2. The first kappa shape index (κ1) is 19.6. The van der Waals surface area contributed by atoms with Crippen molar-refractivity contribution in [3.05, 3.63) is 34.9 Å². The number of hydroxylamine groups is 2. The Hall–Kier alpha value is -1.72. The molecule has 25 heavy (non-hydrogen) atoms. The van der Waals surface area contributed by atoms with Crippen LogP contribution < -0.4 is 0 Å². The molecule has 0 saturated carbocycles. The summed E-state index contributed by atoms with van der Waals surface area (Å²) in [4.78, 5) is 30.1. The van der Waals surface area contributed by atoms with Gasteiger partial charge in [0.1, 0.15) is 5.78 Å². The van der Waals surface area contributed by atoms with Crippen LogP contribution in [0.1, 0.15) is 36.0 Å². The van der Waals surface area contributed by atoms with E-state index in [-0.39, 0.29) is 30.0 Å². The van der Waals surface area contributed by atoms with Crippen molar-refractivity contribution in [1.82, 2.24) is 5.06 Å². The summed E-state index contributed by atoms with van der Waals surface area (Å²) in [6.45, 7) is 5.59. The lowest BCUT2D eigenvalue weighted by molar-refractivity contribution is -0.162. The predicted molar refractivity (Wildman–Crippen MR) is 96.1 cm³/mol. The number of carbonyl (C=O) groups is 2. The maximum Gasteiger partial charge on any atom is 0.309 e. The number of ether oxygens (including phenoxy) is 1. The molecule has 0 bridgehead atoms. The van der Waals surface area contributed by atoms with E-state index in [1.165, 1.54) is 7.11 Å². The van der Waals surface area contributed by atoms with Crippen molar-refractivity contribution < 1.29 is 19.2 Å². The molecule has 0 spiro atoms. The highest BCUT2D eigenvalue weighted by Crippen LogP contribution is 2.29. The number of hydrogen-bond donors (Lipinski definition) is 0. The van der Waals surface area contributed by atoms with Crippen LogP contribution in [0.2, 0.25) is 0 Å². The quantitative estimate of drug-likeness (QED) is 0.710. The number of piperidine rings is 1. The minimum Gasteiger partial charge on any atom is -0.469 e. The minimum absolute atomic E-state index is 0.0956. The fourth-order valence-corrected chi connectivity index (χ4v) is 3.58. The molecule has 1 aliphatic rings. The fourth-order valence-electron chi connectivity index (χ4n) is 3.58. The monoisotopic (exact) mass is 347 g/mol. The fraction of sp³-hybridized carbons (Fsp3) is 0.600. The van der Waals surface area contributed by atoms with Gasteiger partial charge in [0, 0.05) is 25.9 Å². The second-order valence-electron chi connectivity index (χ2n) is 6.93. The zero-order valence-corrected chi connectivity index (χ0v) is 15.7. The summed E-state index contributed by atoms with van der Waals surface area (Å²) < 4.78 is 4.98. The number of carbonyl (C=O) groups excluding carboxylic acids is 2. The summed E-state index contributed by atoms with van der Waals surface area (Å²) >= 11 is 0. The highest BCUT2D eigenvalue weighted by molar-refractivity contribution is 5.86. The molecule has 0 amide bonds. The summed E-state index contributed by atoms with van der Waals surface area (Å²) in [7, 11) is 3.06. The first-order chi connectivity index (χ1) is 11.9. The van der Waals surface area contributed by atoms with Gasteiger partial charge in [0.15, 0.2) is 0 Å². The molecule has 1 heterocycles. The van der Waals surface area contributed by atoms with Crippen molar-refractivity contribution in [2.24, 2.45) is 11.8 Å². The molecule has 5 nitrogen and oxygen atoms in total. The molecule has 2 rings (SSSR count). The highest BCUT2D eigenvalue weighted by Gasteiger charge is 2.33. The van der Waals surface area contributed by atoms with E-state index in [1.807, 2.05) is 31.0 Å².